The molecule has 2 heterocycles. The summed E-state index contributed by atoms with van der Waals surface area (Å²) in [5, 5.41) is 14.1. The van der Waals surface area contributed by atoms with Gasteiger partial charge in [-0.2, -0.15) is 0 Å². The lowest BCUT2D eigenvalue weighted by Crippen LogP contribution is -2.49. The van der Waals surface area contributed by atoms with E-state index in [1.807, 2.05) is 0 Å². The molecule has 2 aliphatic rings. The lowest BCUT2D eigenvalue weighted by atomic mass is 9.82. The van der Waals surface area contributed by atoms with Crippen molar-refractivity contribution in [3.63, 3.8) is 0 Å². The van der Waals surface area contributed by atoms with Crippen LogP contribution in [-0.4, -0.2) is 61.0 Å². The summed E-state index contributed by atoms with van der Waals surface area (Å²) in [6.45, 7) is 8.96. The van der Waals surface area contributed by atoms with Crippen LogP contribution in [0.25, 0.3) is 0 Å². The molecule has 0 aromatic heterocycles. The van der Waals surface area contributed by atoms with Gasteiger partial charge in [0.25, 0.3) is 0 Å². The van der Waals surface area contributed by atoms with Crippen molar-refractivity contribution in [2.24, 2.45) is 10.9 Å². The average Bonchev–Trinajstić information content (AvgIpc) is 2.66. The third-order valence-corrected chi connectivity index (χ3v) is 5.71. The molecule has 0 amide bonds. The highest BCUT2D eigenvalue weighted by atomic mass is 16.5. The SMILES string of the molecule is CCNC(=NCC1(O)CCOCC1)N1CCC(c2ccccc2)C(C)C1. The molecule has 2 atom stereocenters. The predicted molar refractivity (Wildman–Crippen MR) is 106 cm³/mol. The minimum Gasteiger partial charge on any atom is -0.388 e. The molecule has 144 valence electrons. The van der Waals surface area contributed by atoms with E-state index in [0.29, 0.717) is 44.4 Å². The van der Waals surface area contributed by atoms with E-state index in [-0.39, 0.29) is 0 Å². The lowest BCUT2D eigenvalue weighted by Gasteiger charge is -2.39. The van der Waals surface area contributed by atoms with Gasteiger partial charge in [-0.25, -0.2) is 0 Å². The van der Waals surface area contributed by atoms with Gasteiger partial charge in [-0.3, -0.25) is 4.99 Å². The Kier molecular flexibility index (Phi) is 6.54. The lowest BCUT2D eigenvalue weighted by molar-refractivity contribution is -0.0567. The Morgan fingerprint density at radius 1 is 1.31 bits per heavy atom. The highest BCUT2D eigenvalue weighted by Gasteiger charge is 2.31. The van der Waals surface area contributed by atoms with Crippen molar-refractivity contribution in [1.29, 1.82) is 0 Å². The van der Waals surface area contributed by atoms with Crippen LogP contribution in [0.1, 0.15) is 44.6 Å². The Bertz CT molecular complexity index is 584. The second kappa shape index (κ2) is 8.87. The van der Waals surface area contributed by atoms with E-state index in [2.05, 4.69) is 54.4 Å². The summed E-state index contributed by atoms with van der Waals surface area (Å²) in [6, 6.07) is 10.8. The van der Waals surface area contributed by atoms with Gasteiger partial charge in [0.1, 0.15) is 0 Å². The van der Waals surface area contributed by atoms with Crippen LogP contribution in [0.5, 0.6) is 0 Å². The number of hydrogen-bond acceptors (Lipinski definition) is 3. The molecule has 5 nitrogen and oxygen atoms in total. The molecule has 0 aliphatic carbocycles. The molecule has 2 aliphatic heterocycles. The predicted octanol–water partition coefficient (Wildman–Crippen LogP) is 2.62. The molecule has 2 unspecified atom stereocenters. The molecule has 2 saturated heterocycles. The van der Waals surface area contributed by atoms with E-state index in [1.165, 1.54) is 5.56 Å². The third kappa shape index (κ3) is 4.77. The Balaban J connectivity index is 1.64. The van der Waals surface area contributed by atoms with Crippen molar-refractivity contribution >= 4 is 5.96 Å². The van der Waals surface area contributed by atoms with E-state index in [9.17, 15) is 5.11 Å². The number of nitrogens with zero attached hydrogens (tertiary/aromatic N) is 2. The van der Waals surface area contributed by atoms with Crippen LogP contribution in [-0.2, 0) is 4.74 Å². The first-order valence-electron chi connectivity index (χ1n) is 9.99. The van der Waals surface area contributed by atoms with Crippen molar-refractivity contribution in [2.75, 3.05) is 39.4 Å². The van der Waals surface area contributed by atoms with Gasteiger partial charge in [-0.1, -0.05) is 37.3 Å². The molecule has 0 spiro atoms. The third-order valence-electron chi connectivity index (χ3n) is 5.71. The highest BCUT2D eigenvalue weighted by Crippen LogP contribution is 2.32. The zero-order valence-corrected chi connectivity index (χ0v) is 16.2. The van der Waals surface area contributed by atoms with Gasteiger partial charge in [-0.05, 0) is 30.7 Å². The van der Waals surface area contributed by atoms with Crippen LogP contribution in [0.4, 0.5) is 0 Å². The minimum absolute atomic E-state index is 0.450. The summed E-state index contributed by atoms with van der Waals surface area (Å²) in [7, 11) is 0. The molecule has 1 aromatic rings. The van der Waals surface area contributed by atoms with Crippen molar-refractivity contribution in [1.82, 2.24) is 10.2 Å². The maximum Gasteiger partial charge on any atom is 0.194 e. The number of benzene rings is 1. The number of aliphatic imine (C=N–C) groups is 1. The number of nitrogens with one attached hydrogen (secondary N) is 1. The fourth-order valence-corrected chi connectivity index (χ4v) is 4.09. The van der Waals surface area contributed by atoms with Gasteiger partial charge in [-0.15, -0.1) is 0 Å². The van der Waals surface area contributed by atoms with Crippen LogP contribution in [0.3, 0.4) is 0 Å². The fraction of sp³-hybridized carbons (Fsp3) is 0.667. The van der Waals surface area contributed by atoms with Crippen molar-refractivity contribution < 1.29 is 9.84 Å². The van der Waals surface area contributed by atoms with Gasteiger partial charge in [0.2, 0.25) is 0 Å². The second-order valence-corrected chi connectivity index (χ2v) is 7.74. The standard InChI is InChI=1S/C21H33N3O2/c1-3-22-20(23-16-21(25)10-13-26-14-11-21)24-12-9-19(17(2)15-24)18-7-5-4-6-8-18/h4-8,17,19,25H,3,9-16H2,1-2H3,(H,22,23). The van der Waals surface area contributed by atoms with Crippen molar-refractivity contribution in [3.8, 4) is 0 Å². The summed E-state index contributed by atoms with van der Waals surface area (Å²) in [4.78, 5) is 7.15. The molecule has 0 radical (unpaired) electrons. The molecular formula is C21H33N3O2. The van der Waals surface area contributed by atoms with Crippen molar-refractivity contribution in [2.45, 2.75) is 44.6 Å². The maximum atomic E-state index is 10.7. The van der Waals surface area contributed by atoms with Gasteiger partial charge in [0.05, 0.1) is 12.1 Å². The van der Waals surface area contributed by atoms with Crippen LogP contribution in [0.2, 0.25) is 0 Å². The summed E-state index contributed by atoms with van der Waals surface area (Å²) in [5.41, 5.74) is 0.727. The van der Waals surface area contributed by atoms with Gasteiger partial charge < -0.3 is 20.1 Å². The maximum absolute atomic E-state index is 10.7. The molecule has 0 bridgehead atoms. The number of likely N-dealkylation sites (tertiary alicyclic amines) is 1. The smallest absolute Gasteiger partial charge is 0.194 e. The minimum atomic E-state index is -0.715. The molecular weight excluding hydrogens is 326 g/mol. The number of aliphatic hydroxyl groups is 1. The summed E-state index contributed by atoms with van der Waals surface area (Å²) < 4.78 is 5.37. The van der Waals surface area contributed by atoms with Gasteiger partial charge in [0.15, 0.2) is 5.96 Å². The number of piperidine rings is 1. The van der Waals surface area contributed by atoms with Gasteiger partial charge in [0, 0.05) is 45.7 Å². The molecule has 3 rings (SSSR count). The largest absolute Gasteiger partial charge is 0.388 e. The monoisotopic (exact) mass is 359 g/mol. The number of ether oxygens (including phenoxy) is 1. The van der Waals surface area contributed by atoms with Crippen LogP contribution in [0, 0.1) is 5.92 Å². The van der Waals surface area contributed by atoms with Crippen molar-refractivity contribution in [3.05, 3.63) is 35.9 Å². The Morgan fingerprint density at radius 3 is 2.69 bits per heavy atom. The average molecular weight is 360 g/mol. The first kappa shape index (κ1) is 19.2. The van der Waals surface area contributed by atoms with E-state index >= 15 is 0 Å². The van der Waals surface area contributed by atoms with Crippen LogP contribution in [0.15, 0.2) is 35.3 Å². The first-order valence-corrected chi connectivity index (χ1v) is 9.99. The molecule has 5 heteroatoms. The molecule has 2 N–H and O–H groups in total. The van der Waals surface area contributed by atoms with E-state index in [0.717, 1.165) is 32.0 Å². The van der Waals surface area contributed by atoms with E-state index < -0.39 is 5.60 Å². The Hall–Kier alpha value is -1.59. The summed E-state index contributed by atoms with van der Waals surface area (Å²) in [6.07, 6.45) is 2.47. The van der Waals surface area contributed by atoms with E-state index in [4.69, 9.17) is 9.73 Å². The fourth-order valence-electron chi connectivity index (χ4n) is 4.09. The van der Waals surface area contributed by atoms with Gasteiger partial charge >= 0.3 is 0 Å². The van der Waals surface area contributed by atoms with E-state index in [1.54, 1.807) is 0 Å². The number of rotatable bonds is 4. The molecule has 0 saturated carbocycles. The zero-order chi connectivity index (χ0) is 18.4. The normalized spacial score (nSPS) is 26.6. The Labute approximate surface area is 157 Å². The highest BCUT2D eigenvalue weighted by molar-refractivity contribution is 5.80. The van der Waals surface area contributed by atoms with Crippen LogP contribution >= 0.6 is 0 Å². The topological polar surface area (TPSA) is 57.1 Å². The number of guanidine groups is 1. The van der Waals surface area contributed by atoms with Crippen LogP contribution < -0.4 is 5.32 Å². The molecule has 2 fully saturated rings. The second-order valence-electron chi connectivity index (χ2n) is 7.74. The quantitative estimate of drug-likeness (QED) is 0.641. The first-order chi connectivity index (χ1) is 12.6. The zero-order valence-electron chi connectivity index (χ0n) is 16.2. The number of hydrogen-bond donors (Lipinski definition) is 2. The molecule has 26 heavy (non-hydrogen) atoms. The Morgan fingerprint density at radius 2 is 2.04 bits per heavy atom. The molecule has 1 aromatic carbocycles. The summed E-state index contributed by atoms with van der Waals surface area (Å²) >= 11 is 0. The summed E-state index contributed by atoms with van der Waals surface area (Å²) in [5.74, 6) is 2.11.